The summed E-state index contributed by atoms with van der Waals surface area (Å²) in [4.78, 5) is 11.9. The molecule has 0 fully saturated rings. The lowest BCUT2D eigenvalue weighted by Gasteiger charge is -2.18. The Hall–Kier alpha value is -2.25. The molecular weight excluding hydrogens is 343 g/mol. The Morgan fingerprint density at radius 3 is 2.33 bits per heavy atom. The molecule has 128 valence electrons. The number of fused-ring (bicyclic) bond motifs is 1. The first kappa shape index (κ1) is 18.1. The van der Waals surface area contributed by atoms with Gasteiger partial charge < -0.3 is 16.0 Å². The summed E-state index contributed by atoms with van der Waals surface area (Å²) in [5.74, 6) is -4.29. The molecule has 0 radical (unpaired) electrons. The van der Waals surface area contributed by atoms with Crippen molar-refractivity contribution >= 4 is 29.8 Å². The lowest BCUT2D eigenvalue weighted by atomic mass is 10.0. The number of rotatable bonds is 2. The molecule has 0 saturated heterocycles. The van der Waals surface area contributed by atoms with E-state index in [-0.39, 0.29) is 18.1 Å². The highest BCUT2D eigenvalue weighted by molar-refractivity contribution is 5.99. The number of hydrogen-bond acceptors (Lipinski definition) is 2. The summed E-state index contributed by atoms with van der Waals surface area (Å²) in [6.07, 6.45) is 0.862. The lowest BCUT2D eigenvalue weighted by Crippen LogP contribution is -2.24. The summed E-state index contributed by atoms with van der Waals surface area (Å²) in [7, 11) is 0. The van der Waals surface area contributed by atoms with Crippen LogP contribution in [-0.2, 0) is 13.0 Å². The van der Waals surface area contributed by atoms with Crippen LogP contribution in [0.1, 0.15) is 11.1 Å². The molecule has 2 amide bonds. The van der Waals surface area contributed by atoms with E-state index in [0.29, 0.717) is 5.69 Å². The van der Waals surface area contributed by atoms with Gasteiger partial charge >= 0.3 is 6.03 Å². The Kier molecular flexibility index (Phi) is 5.69. The number of hydrogen-bond donors (Lipinski definition) is 3. The molecule has 4 nitrogen and oxygen atoms in total. The summed E-state index contributed by atoms with van der Waals surface area (Å²) in [6, 6.07) is 6.30. The maximum absolute atomic E-state index is 13.1. The molecule has 3 rings (SSSR count). The zero-order valence-electron chi connectivity index (χ0n) is 12.5. The smallest absolute Gasteiger partial charge is 0.312 e. The van der Waals surface area contributed by atoms with Gasteiger partial charge in [-0.1, -0.05) is 6.07 Å². The number of amides is 2. The minimum absolute atomic E-state index is 0. The molecule has 2 aromatic rings. The number of benzene rings is 2. The normalized spacial score (nSPS) is 12.8. The van der Waals surface area contributed by atoms with Gasteiger partial charge in [0.05, 0.1) is 0 Å². The van der Waals surface area contributed by atoms with E-state index in [1.807, 2.05) is 12.1 Å². The van der Waals surface area contributed by atoms with Crippen LogP contribution in [0.5, 0.6) is 0 Å². The second-order valence-corrected chi connectivity index (χ2v) is 5.24. The van der Waals surface area contributed by atoms with E-state index in [0.717, 1.165) is 37.2 Å². The van der Waals surface area contributed by atoms with E-state index < -0.39 is 23.5 Å². The third kappa shape index (κ3) is 3.98. The fraction of sp³-hybridized carbons (Fsp3) is 0.188. The Labute approximate surface area is 142 Å². The van der Waals surface area contributed by atoms with Gasteiger partial charge in [-0.05, 0) is 36.2 Å². The van der Waals surface area contributed by atoms with Crippen molar-refractivity contribution in [2.75, 3.05) is 17.2 Å². The Bertz CT molecular complexity index is 747. The van der Waals surface area contributed by atoms with Crippen molar-refractivity contribution in [2.45, 2.75) is 13.0 Å². The van der Waals surface area contributed by atoms with Crippen molar-refractivity contribution in [3.8, 4) is 0 Å². The SMILES string of the molecule is Cl.O=C(Nc1cc(F)c(F)c(F)c1)Nc1ccc2c(c1)CCNC2. The molecule has 1 heterocycles. The van der Waals surface area contributed by atoms with E-state index >= 15 is 0 Å². The monoisotopic (exact) mass is 357 g/mol. The molecule has 1 aliphatic rings. The molecule has 0 unspecified atom stereocenters. The zero-order valence-corrected chi connectivity index (χ0v) is 13.3. The number of carbonyl (C=O) groups is 1. The first-order valence-electron chi connectivity index (χ1n) is 7.08. The zero-order chi connectivity index (χ0) is 16.4. The highest BCUT2D eigenvalue weighted by Crippen LogP contribution is 2.20. The Morgan fingerprint density at radius 2 is 1.62 bits per heavy atom. The number of urea groups is 1. The highest BCUT2D eigenvalue weighted by Gasteiger charge is 2.13. The van der Waals surface area contributed by atoms with Gasteiger partial charge in [0.15, 0.2) is 17.5 Å². The predicted molar refractivity (Wildman–Crippen MR) is 88.1 cm³/mol. The lowest BCUT2D eigenvalue weighted by molar-refractivity contribution is 0.262. The van der Waals surface area contributed by atoms with E-state index in [4.69, 9.17) is 0 Å². The maximum atomic E-state index is 13.1. The summed E-state index contributed by atoms with van der Waals surface area (Å²) in [6.45, 7) is 1.66. The van der Waals surface area contributed by atoms with Crippen molar-refractivity contribution < 1.29 is 18.0 Å². The summed E-state index contributed by atoms with van der Waals surface area (Å²) in [5.41, 5.74) is 2.72. The first-order valence-corrected chi connectivity index (χ1v) is 7.08. The maximum Gasteiger partial charge on any atom is 0.323 e. The minimum atomic E-state index is -1.57. The second-order valence-electron chi connectivity index (χ2n) is 5.24. The largest absolute Gasteiger partial charge is 0.323 e. The second kappa shape index (κ2) is 7.55. The van der Waals surface area contributed by atoms with Crippen molar-refractivity contribution in [3.63, 3.8) is 0 Å². The number of halogens is 4. The van der Waals surface area contributed by atoms with Gasteiger partial charge in [-0.15, -0.1) is 12.4 Å². The van der Waals surface area contributed by atoms with E-state index in [1.165, 1.54) is 5.56 Å². The molecule has 0 spiro atoms. The van der Waals surface area contributed by atoms with Gasteiger partial charge in [0.2, 0.25) is 0 Å². The third-order valence-corrected chi connectivity index (χ3v) is 3.59. The highest BCUT2D eigenvalue weighted by atomic mass is 35.5. The van der Waals surface area contributed by atoms with Crippen LogP contribution in [0.25, 0.3) is 0 Å². The van der Waals surface area contributed by atoms with Gasteiger partial charge in [0.1, 0.15) is 0 Å². The van der Waals surface area contributed by atoms with Gasteiger partial charge in [-0.25, -0.2) is 18.0 Å². The minimum Gasteiger partial charge on any atom is -0.312 e. The number of carbonyl (C=O) groups excluding carboxylic acids is 1. The topological polar surface area (TPSA) is 53.2 Å². The predicted octanol–water partition coefficient (Wildman–Crippen LogP) is 3.82. The van der Waals surface area contributed by atoms with Gasteiger partial charge in [-0.3, -0.25) is 0 Å². The third-order valence-electron chi connectivity index (χ3n) is 3.59. The molecule has 2 aromatic carbocycles. The fourth-order valence-electron chi connectivity index (χ4n) is 2.48. The molecule has 0 aromatic heterocycles. The molecule has 24 heavy (non-hydrogen) atoms. The quantitative estimate of drug-likeness (QED) is 0.716. The van der Waals surface area contributed by atoms with Crippen molar-refractivity contribution in [1.82, 2.24) is 5.32 Å². The average molecular weight is 358 g/mol. The fourth-order valence-corrected chi connectivity index (χ4v) is 2.48. The summed E-state index contributed by atoms with van der Waals surface area (Å²) < 4.78 is 39.1. The summed E-state index contributed by atoms with van der Waals surface area (Å²) in [5, 5.41) is 8.10. The number of anilines is 2. The van der Waals surface area contributed by atoms with Crippen LogP contribution in [0.4, 0.5) is 29.3 Å². The van der Waals surface area contributed by atoms with E-state index in [1.54, 1.807) is 6.07 Å². The van der Waals surface area contributed by atoms with E-state index in [2.05, 4.69) is 16.0 Å². The van der Waals surface area contributed by atoms with Crippen LogP contribution in [-0.4, -0.2) is 12.6 Å². The molecule has 3 N–H and O–H groups in total. The summed E-state index contributed by atoms with van der Waals surface area (Å²) >= 11 is 0. The molecule has 8 heteroatoms. The molecule has 1 aliphatic heterocycles. The van der Waals surface area contributed by atoms with Gasteiger partial charge in [0.25, 0.3) is 0 Å². The van der Waals surface area contributed by atoms with Crippen LogP contribution in [0.2, 0.25) is 0 Å². The molecule has 0 aliphatic carbocycles. The van der Waals surface area contributed by atoms with Crippen LogP contribution < -0.4 is 16.0 Å². The Morgan fingerprint density at radius 1 is 0.958 bits per heavy atom. The van der Waals surface area contributed by atoms with Gasteiger partial charge in [-0.2, -0.15) is 0 Å². The van der Waals surface area contributed by atoms with Crippen LogP contribution >= 0.6 is 12.4 Å². The molecule has 0 bridgehead atoms. The van der Waals surface area contributed by atoms with Crippen LogP contribution in [0.15, 0.2) is 30.3 Å². The molecule has 0 saturated carbocycles. The van der Waals surface area contributed by atoms with Crippen LogP contribution in [0, 0.1) is 17.5 Å². The van der Waals surface area contributed by atoms with Crippen molar-refractivity contribution in [1.29, 1.82) is 0 Å². The van der Waals surface area contributed by atoms with Gasteiger partial charge in [0, 0.05) is 30.1 Å². The van der Waals surface area contributed by atoms with Crippen LogP contribution in [0.3, 0.4) is 0 Å². The average Bonchev–Trinajstić information content (AvgIpc) is 2.52. The number of nitrogens with one attached hydrogen (secondary N) is 3. The first-order chi connectivity index (χ1) is 11.0. The standard InChI is InChI=1S/C16H14F3N3O.ClH/c17-13-6-12(7-14(18)15(13)19)22-16(23)21-11-2-1-10-8-20-4-3-9(10)5-11;/h1-2,5-7,20H,3-4,8H2,(H2,21,22,23);1H. The van der Waals surface area contributed by atoms with Crippen molar-refractivity contribution in [3.05, 3.63) is 58.9 Å². The molecule has 0 atom stereocenters. The van der Waals surface area contributed by atoms with E-state index in [9.17, 15) is 18.0 Å². The molecular formula is C16H15ClF3N3O. The van der Waals surface area contributed by atoms with Crippen molar-refractivity contribution in [2.24, 2.45) is 0 Å². The Balaban J connectivity index is 0.00000208.